The van der Waals surface area contributed by atoms with Gasteiger partial charge in [0.25, 0.3) is 5.91 Å². The highest BCUT2D eigenvalue weighted by Gasteiger charge is 2.24. The summed E-state index contributed by atoms with van der Waals surface area (Å²) in [6.45, 7) is 4.65. The zero-order valence-electron chi connectivity index (χ0n) is 18.2. The number of amides is 2. The van der Waals surface area contributed by atoms with E-state index in [-0.39, 0.29) is 18.4 Å². The van der Waals surface area contributed by atoms with Crippen LogP contribution in [0.15, 0.2) is 48.5 Å². The fourth-order valence-electron chi connectivity index (χ4n) is 3.51. The van der Waals surface area contributed by atoms with Crippen molar-refractivity contribution in [3.63, 3.8) is 0 Å². The van der Waals surface area contributed by atoms with E-state index >= 15 is 0 Å². The van der Waals surface area contributed by atoms with Gasteiger partial charge in [-0.25, -0.2) is 0 Å². The fraction of sp³-hybridized carbons (Fsp3) is 0.417. The van der Waals surface area contributed by atoms with Gasteiger partial charge < -0.3 is 24.0 Å². The standard InChI is InChI=1S/C24H30N2O5/c1-3-30-21-11-9-19(17-22(21)29-2)10-12-23(27)25-13-15-26(16-14-25)24(28)18-31-20-7-5-4-6-8-20/h4-9,11,17H,3,10,12-16,18H2,1-2H3. The molecule has 1 aliphatic rings. The Bertz CT molecular complexity index is 864. The maximum absolute atomic E-state index is 12.6. The maximum Gasteiger partial charge on any atom is 0.260 e. The van der Waals surface area contributed by atoms with Crippen molar-refractivity contribution in [2.24, 2.45) is 0 Å². The summed E-state index contributed by atoms with van der Waals surface area (Å²) in [5.41, 5.74) is 1.03. The molecule has 2 aromatic carbocycles. The molecule has 1 aliphatic heterocycles. The van der Waals surface area contributed by atoms with Crippen molar-refractivity contribution in [3.8, 4) is 17.2 Å². The van der Waals surface area contributed by atoms with Crippen molar-refractivity contribution in [2.75, 3.05) is 46.5 Å². The lowest BCUT2D eigenvalue weighted by molar-refractivity contribution is -0.140. The second-order valence-corrected chi connectivity index (χ2v) is 7.28. The van der Waals surface area contributed by atoms with Crippen LogP contribution in [0.1, 0.15) is 18.9 Å². The smallest absolute Gasteiger partial charge is 0.260 e. The third-order valence-corrected chi connectivity index (χ3v) is 5.25. The van der Waals surface area contributed by atoms with Gasteiger partial charge in [0, 0.05) is 32.6 Å². The first-order valence-corrected chi connectivity index (χ1v) is 10.6. The van der Waals surface area contributed by atoms with Crippen LogP contribution in [0.2, 0.25) is 0 Å². The number of hydrogen-bond donors (Lipinski definition) is 0. The number of para-hydroxylation sites is 1. The predicted molar refractivity (Wildman–Crippen MR) is 118 cm³/mol. The van der Waals surface area contributed by atoms with E-state index in [4.69, 9.17) is 14.2 Å². The zero-order chi connectivity index (χ0) is 22.1. The molecule has 2 amide bonds. The largest absolute Gasteiger partial charge is 0.493 e. The van der Waals surface area contributed by atoms with Gasteiger partial charge in [-0.15, -0.1) is 0 Å². The van der Waals surface area contributed by atoms with Crippen LogP contribution in [-0.2, 0) is 16.0 Å². The quantitative estimate of drug-likeness (QED) is 0.617. The van der Waals surface area contributed by atoms with E-state index in [1.807, 2.05) is 60.4 Å². The summed E-state index contributed by atoms with van der Waals surface area (Å²) < 4.78 is 16.4. The molecule has 2 aromatic rings. The minimum Gasteiger partial charge on any atom is -0.493 e. The molecule has 0 saturated carbocycles. The van der Waals surface area contributed by atoms with E-state index in [0.717, 1.165) is 5.56 Å². The predicted octanol–water partition coefficient (Wildman–Crippen LogP) is 2.78. The number of aryl methyl sites for hydroxylation is 1. The van der Waals surface area contributed by atoms with E-state index in [0.29, 0.717) is 62.9 Å². The Morgan fingerprint density at radius 3 is 2.19 bits per heavy atom. The highest BCUT2D eigenvalue weighted by Crippen LogP contribution is 2.28. The number of ether oxygens (including phenoxy) is 3. The molecule has 31 heavy (non-hydrogen) atoms. The first-order chi connectivity index (χ1) is 15.1. The van der Waals surface area contributed by atoms with Crippen molar-refractivity contribution in [1.82, 2.24) is 9.80 Å². The van der Waals surface area contributed by atoms with Crippen molar-refractivity contribution in [1.29, 1.82) is 0 Å². The van der Waals surface area contributed by atoms with Crippen molar-refractivity contribution in [2.45, 2.75) is 19.8 Å². The van der Waals surface area contributed by atoms with E-state index in [1.165, 1.54) is 0 Å². The number of benzene rings is 2. The Kier molecular flexibility index (Phi) is 8.15. The van der Waals surface area contributed by atoms with Crippen LogP contribution in [0.4, 0.5) is 0 Å². The Hall–Kier alpha value is -3.22. The molecule has 0 aromatic heterocycles. The SMILES string of the molecule is CCOc1ccc(CCC(=O)N2CCN(C(=O)COc3ccccc3)CC2)cc1OC. The van der Waals surface area contributed by atoms with Crippen LogP contribution in [-0.4, -0.2) is 68.1 Å². The van der Waals surface area contributed by atoms with Gasteiger partial charge >= 0.3 is 0 Å². The summed E-state index contributed by atoms with van der Waals surface area (Å²) in [6, 6.07) is 15.0. The lowest BCUT2D eigenvalue weighted by atomic mass is 10.1. The first-order valence-electron chi connectivity index (χ1n) is 10.6. The lowest BCUT2D eigenvalue weighted by Gasteiger charge is -2.34. The number of hydrogen-bond acceptors (Lipinski definition) is 5. The van der Waals surface area contributed by atoms with Gasteiger partial charge in [-0.05, 0) is 43.2 Å². The molecule has 0 spiro atoms. The molecule has 0 bridgehead atoms. The molecule has 0 atom stereocenters. The Morgan fingerprint density at radius 1 is 0.871 bits per heavy atom. The third-order valence-electron chi connectivity index (χ3n) is 5.25. The number of piperazine rings is 1. The first kappa shape index (κ1) is 22.5. The van der Waals surface area contributed by atoms with E-state index < -0.39 is 0 Å². The summed E-state index contributed by atoms with van der Waals surface area (Å²) in [5.74, 6) is 2.10. The molecule has 1 fully saturated rings. The molecule has 0 unspecified atom stereocenters. The van der Waals surface area contributed by atoms with Gasteiger partial charge in [0.2, 0.25) is 5.91 Å². The topological polar surface area (TPSA) is 68.3 Å². The van der Waals surface area contributed by atoms with Crippen molar-refractivity contribution >= 4 is 11.8 Å². The summed E-state index contributed by atoms with van der Waals surface area (Å²) in [6.07, 6.45) is 1.05. The third kappa shape index (κ3) is 6.38. The minimum atomic E-state index is -0.0579. The van der Waals surface area contributed by atoms with Gasteiger partial charge in [0.15, 0.2) is 18.1 Å². The van der Waals surface area contributed by atoms with Gasteiger partial charge in [0.05, 0.1) is 13.7 Å². The zero-order valence-corrected chi connectivity index (χ0v) is 18.2. The molecular formula is C24H30N2O5. The number of nitrogens with zero attached hydrogens (tertiary/aromatic N) is 2. The average Bonchev–Trinajstić information content (AvgIpc) is 2.82. The molecular weight excluding hydrogens is 396 g/mol. The average molecular weight is 427 g/mol. The van der Waals surface area contributed by atoms with Crippen LogP contribution in [0, 0.1) is 0 Å². The Labute approximate surface area is 183 Å². The van der Waals surface area contributed by atoms with E-state index in [1.54, 1.807) is 12.0 Å². The van der Waals surface area contributed by atoms with Crippen LogP contribution in [0.25, 0.3) is 0 Å². The molecule has 0 N–H and O–H groups in total. The van der Waals surface area contributed by atoms with Crippen LogP contribution >= 0.6 is 0 Å². The second-order valence-electron chi connectivity index (χ2n) is 7.28. The van der Waals surface area contributed by atoms with Crippen molar-refractivity contribution in [3.05, 3.63) is 54.1 Å². The molecule has 7 heteroatoms. The second kappa shape index (κ2) is 11.2. The van der Waals surface area contributed by atoms with E-state index in [9.17, 15) is 9.59 Å². The number of rotatable bonds is 9. The van der Waals surface area contributed by atoms with Gasteiger partial charge in [0.1, 0.15) is 5.75 Å². The number of carbonyl (C=O) groups excluding carboxylic acids is 2. The fourth-order valence-corrected chi connectivity index (χ4v) is 3.51. The lowest BCUT2D eigenvalue weighted by Crippen LogP contribution is -2.51. The van der Waals surface area contributed by atoms with Crippen LogP contribution in [0.3, 0.4) is 0 Å². The van der Waals surface area contributed by atoms with Crippen LogP contribution < -0.4 is 14.2 Å². The molecule has 1 heterocycles. The molecule has 1 saturated heterocycles. The highest BCUT2D eigenvalue weighted by molar-refractivity contribution is 5.79. The van der Waals surface area contributed by atoms with Gasteiger partial charge in [-0.1, -0.05) is 24.3 Å². The van der Waals surface area contributed by atoms with E-state index in [2.05, 4.69) is 0 Å². The number of methoxy groups -OCH3 is 1. The number of carbonyl (C=O) groups is 2. The molecule has 0 aliphatic carbocycles. The van der Waals surface area contributed by atoms with Crippen molar-refractivity contribution < 1.29 is 23.8 Å². The molecule has 166 valence electrons. The molecule has 0 radical (unpaired) electrons. The van der Waals surface area contributed by atoms with Gasteiger partial charge in [-0.2, -0.15) is 0 Å². The summed E-state index contributed by atoms with van der Waals surface area (Å²) in [4.78, 5) is 28.6. The normalized spacial score (nSPS) is 13.6. The molecule has 7 nitrogen and oxygen atoms in total. The summed E-state index contributed by atoms with van der Waals surface area (Å²) >= 11 is 0. The highest BCUT2D eigenvalue weighted by atomic mass is 16.5. The van der Waals surface area contributed by atoms with Crippen LogP contribution in [0.5, 0.6) is 17.2 Å². The Balaban J connectivity index is 1.42. The summed E-state index contributed by atoms with van der Waals surface area (Å²) in [7, 11) is 1.61. The Morgan fingerprint density at radius 2 is 1.55 bits per heavy atom. The van der Waals surface area contributed by atoms with Gasteiger partial charge in [-0.3, -0.25) is 9.59 Å². The minimum absolute atomic E-state index is 0.0114. The maximum atomic E-state index is 12.6. The summed E-state index contributed by atoms with van der Waals surface area (Å²) in [5, 5.41) is 0. The monoisotopic (exact) mass is 426 g/mol. The molecule has 3 rings (SSSR count).